The fourth-order valence-electron chi connectivity index (χ4n) is 2.16. The van der Waals surface area contributed by atoms with E-state index < -0.39 is 6.10 Å². The summed E-state index contributed by atoms with van der Waals surface area (Å²) in [6.07, 6.45) is -0.555. The third-order valence-corrected chi connectivity index (χ3v) is 3.26. The van der Waals surface area contributed by atoms with Crippen molar-refractivity contribution in [2.75, 3.05) is 39.3 Å². The minimum Gasteiger partial charge on any atom is -0.490 e. The van der Waals surface area contributed by atoms with Crippen LogP contribution in [0.4, 0.5) is 4.39 Å². The number of aryl methyl sites for hydroxylation is 1. The fourth-order valence-corrected chi connectivity index (χ4v) is 2.16. The first-order valence-corrected chi connectivity index (χ1v) is 6.65. The van der Waals surface area contributed by atoms with Crippen molar-refractivity contribution in [2.24, 2.45) is 0 Å². The van der Waals surface area contributed by atoms with Crippen LogP contribution in [0.25, 0.3) is 0 Å². The highest BCUT2D eigenvalue weighted by atomic mass is 19.1. The van der Waals surface area contributed by atoms with Crippen molar-refractivity contribution in [3.05, 3.63) is 29.6 Å². The fraction of sp³-hybridized carbons (Fsp3) is 0.571. The second-order valence-electron chi connectivity index (χ2n) is 4.93. The van der Waals surface area contributed by atoms with Crippen molar-refractivity contribution in [2.45, 2.75) is 13.0 Å². The van der Waals surface area contributed by atoms with Crippen LogP contribution < -0.4 is 10.1 Å². The summed E-state index contributed by atoms with van der Waals surface area (Å²) in [6, 6.07) is 4.43. The zero-order chi connectivity index (χ0) is 13.7. The predicted octanol–water partition coefficient (Wildman–Crippen LogP) is 0.779. The Kier molecular flexibility index (Phi) is 5.13. The molecular formula is C14H21FN2O2. The van der Waals surface area contributed by atoms with E-state index in [2.05, 4.69) is 10.2 Å². The summed E-state index contributed by atoms with van der Waals surface area (Å²) < 4.78 is 18.6. The van der Waals surface area contributed by atoms with Gasteiger partial charge in [0.1, 0.15) is 24.3 Å². The number of hydrogen-bond acceptors (Lipinski definition) is 4. The summed E-state index contributed by atoms with van der Waals surface area (Å²) in [5.74, 6) is 0.177. The predicted molar refractivity (Wildman–Crippen MR) is 71.9 cm³/mol. The summed E-state index contributed by atoms with van der Waals surface area (Å²) in [5.41, 5.74) is 0.871. The van der Waals surface area contributed by atoms with Gasteiger partial charge in [-0.15, -0.1) is 0 Å². The molecule has 2 rings (SSSR count). The van der Waals surface area contributed by atoms with Crippen molar-refractivity contribution < 1.29 is 14.2 Å². The lowest BCUT2D eigenvalue weighted by Gasteiger charge is -2.29. The number of aliphatic hydroxyl groups is 1. The van der Waals surface area contributed by atoms with Crippen molar-refractivity contribution in [1.82, 2.24) is 10.2 Å². The minimum atomic E-state index is -0.555. The number of hydrogen-bond donors (Lipinski definition) is 2. The highest BCUT2D eigenvalue weighted by Crippen LogP contribution is 2.18. The molecule has 106 valence electrons. The lowest BCUT2D eigenvalue weighted by Crippen LogP contribution is -2.47. The molecule has 2 N–H and O–H groups in total. The van der Waals surface area contributed by atoms with Gasteiger partial charge < -0.3 is 15.2 Å². The van der Waals surface area contributed by atoms with E-state index in [1.165, 1.54) is 12.1 Å². The van der Waals surface area contributed by atoms with Crippen molar-refractivity contribution in [3.8, 4) is 5.75 Å². The second-order valence-corrected chi connectivity index (χ2v) is 4.93. The van der Waals surface area contributed by atoms with Crippen LogP contribution in [0.15, 0.2) is 18.2 Å². The maximum Gasteiger partial charge on any atom is 0.126 e. The van der Waals surface area contributed by atoms with Gasteiger partial charge in [0.05, 0.1) is 0 Å². The Balaban J connectivity index is 1.79. The topological polar surface area (TPSA) is 44.7 Å². The molecule has 0 saturated carbocycles. The highest BCUT2D eigenvalue weighted by molar-refractivity contribution is 5.32. The van der Waals surface area contributed by atoms with Crippen LogP contribution in [0.5, 0.6) is 5.75 Å². The molecule has 19 heavy (non-hydrogen) atoms. The Morgan fingerprint density at radius 1 is 1.42 bits per heavy atom. The Morgan fingerprint density at radius 2 is 2.16 bits per heavy atom. The van der Waals surface area contributed by atoms with Crippen LogP contribution in [-0.2, 0) is 0 Å². The summed E-state index contributed by atoms with van der Waals surface area (Å²) in [6.45, 7) is 6.43. The van der Waals surface area contributed by atoms with Gasteiger partial charge in [-0.3, -0.25) is 4.90 Å². The monoisotopic (exact) mass is 268 g/mol. The van der Waals surface area contributed by atoms with E-state index in [0.717, 1.165) is 31.7 Å². The molecular weight excluding hydrogens is 247 g/mol. The van der Waals surface area contributed by atoms with E-state index >= 15 is 0 Å². The Labute approximate surface area is 113 Å². The van der Waals surface area contributed by atoms with E-state index in [-0.39, 0.29) is 12.4 Å². The normalized spacial score (nSPS) is 18.3. The third kappa shape index (κ3) is 4.45. The summed E-state index contributed by atoms with van der Waals surface area (Å²) in [4.78, 5) is 2.20. The number of nitrogens with one attached hydrogen (secondary N) is 1. The second kappa shape index (κ2) is 6.84. The molecule has 0 bridgehead atoms. The molecule has 1 aliphatic rings. The third-order valence-electron chi connectivity index (χ3n) is 3.26. The first kappa shape index (κ1) is 14.2. The first-order valence-electron chi connectivity index (χ1n) is 6.65. The Hall–Kier alpha value is -1.17. The van der Waals surface area contributed by atoms with Crippen LogP contribution in [-0.4, -0.2) is 55.4 Å². The van der Waals surface area contributed by atoms with Gasteiger partial charge >= 0.3 is 0 Å². The van der Waals surface area contributed by atoms with E-state index in [1.807, 2.05) is 6.92 Å². The van der Waals surface area contributed by atoms with Crippen LogP contribution >= 0.6 is 0 Å². The average molecular weight is 268 g/mol. The number of ether oxygens (including phenoxy) is 1. The van der Waals surface area contributed by atoms with Gasteiger partial charge in [-0.05, 0) is 18.6 Å². The molecule has 1 atom stereocenters. The Bertz CT molecular complexity index is 408. The van der Waals surface area contributed by atoms with Gasteiger partial charge in [-0.1, -0.05) is 6.07 Å². The molecule has 1 unspecified atom stereocenters. The molecule has 0 aliphatic carbocycles. The van der Waals surface area contributed by atoms with E-state index in [9.17, 15) is 9.50 Å². The number of nitrogens with zero attached hydrogens (tertiary/aromatic N) is 1. The van der Waals surface area contributed by atoms with Gasteiger partial charge in [-0.2, -0.15) is 0 Å². The zero-order valence-electron chi connectivity index (χ0n) is 11.2. The van der Waals surface area contributed by atoms with Crippen LogP contribution in [0, 0.1) is 12.7 Å². The average Bonchev–Trinajstić information content (AvgIpc) is 2.41. The molecule has 1 aromatic rings. The minimum absolute atomic E-state index is 0.189. The maximum absolute atomic E-state index is 13.1. The molecule has 1 fully saturated rings. The first-order chi connectivity index (χ1) is 9.15. The van der Waals surface area contributed by atoms with E-state index in [0.29, 0.717) is 12.3 Å². The number of piperazine rings is 1. The molecule has 1 saturated heterocycles. The number of benzene rings is 1. The molecule has 0 amide bonds. The SMILES string of the molecule is Cc1ccc(F)cc1OCC(O)CN1CCNCC1. The number of rotatable bonds is 5. The summed E-state index contributed by atoms with van der Waals surface area (Å²) in [7, 11) is 0. The van der Waals surface area contributed by atoms with Crippen LogP contribution in [0.1, 0.15) is 5.56 Å². The Morgan fingerprint density at radius 3 is 2.89 bits per heavy atom. The van der Waals surface area contributed by atoms with Crippen molar-refractivity contribution >= 4 is 0 Å². The van der Waals surface area contributed by atoms with Gasteiger partial charge in [0.25, 0.3) is 0 Å². The largest absolute Gasteiger partial charge is 0.490 e. The molecule has 1 aliphatic heterocycles. The van der Waals surface area contributed by atoms with Gasteiger partial charge in [0.2, 0.25) is 0 Å². The zero-order valence-corrected chi connectivity index (χ0v) is 11.2. The number of β-amino-alcohol motifs (C(OH)–C–C–N with tert-alkyl or cyclic N) is 1. The number of aliphatic hydroxyl groups excluding tert-OH is 1. The number of halogens is 1. The standard InChI is InChI=1S/C14H21FN2O2/c1-11-2-3-12(15)8-14(11)19-10-13(18)9-17-6-4-16-5-7-17/h2-3,8,13,16,18H,4-7,9-10H2,1H3. The molecule has 1 aromatic carbocycles. The van der Waals surface area contributed by atoms with Gasteiger partial charge in [0, 0.05) is 38.8 Å². The van der Waals surface area contributed by atoms with Gasteiger partial charge in [-0.25, -0.2) is 4.39 Å². The van der Waals surface area contributed by atoms with Crippen molar-refractivity contribution in [1.29, 1.82) is 0 Å². The van der Waals surface area contributed by atoms with Crippen LogP contribution in [0.2, 0.25) is 0 Å². The summed E-state index contributed by atoms with van der Waals surface area (Å²) in [5, 5.41) is 13.2. The highest BCUT2D eigenvalue weighted by Gasteiger charge is 2.15. The summed E-state index contributed by atoms with van der Waals surface area (Å²) >= 11 is 0. The molecule has 0 spiro atoms. The van der Waals surface area contributed by atoms with E-state index in [4.69, 9.17) is 4.74 Å². The molecule has 0 aromatic heterocycles. The lowest BCUT2D eigenvalue weighted by molar-refractivity contribution is 0.0638. The lowest BCUT2D eigenvalue weighted by atomic mass is 10.2. The smallest absolute Gasteiger partial charge is 0.126 e. The van der Waals surface area contributed by atoms with E-state index in [1.54, 1.807) is 6.07 Å². The molecule has 4 nitrogen and oxygen atoms in total. The molecule has 5 heteroatoms. The molecule has 1 heterocycles. The maximum atomic E-state index is 13.1. The molecule has 0 radical (unpaired) electrons. The van der Waals surface area contributed by atoms with Crippen molar-refractivity contribution in [3.63, 3.8) is 0 Å². The van der Waals surface area contributed by atoms with Gasteiger partial charge in [0.15, 0.2) is 0 Å². The van der Waals surface area contributed by atoms with Crippen LogP contribution in [0.3, 0.4) is 0 Å². The quantitative estimate of drug-likeness (QED) is 0.828.